The summed E-state index contributed by atoms with van der Waals surface area (Å²) in [5.74, 6) is 1.63. The van der Waals surface area contributed by atoms with Crippen molar-refractivity contribution in [1.29, 1.82) is 0 Å². The van der Waals surface area contributed by atoms with Gasteiger partial charge in [-0.05, 0) is 41.9 Å². The predicted molar refractivity (Wildman–Crippen MR) is 71.3 cm³/mol. The van der Waals surface area contributed by atoms with Crippen LogP contribution in [-0.2, 0) is 5.41 Å². The van der Waals surface area contributed by atoms with Crippen LogP contribution in [0.25, 0.3) is 0 Å². The Hall–Kier alpha value is -1.02. The van der Waals surface area contributed by atoms with Gasteiger partial charge in [0.1, 0.15) is 12.4 Å². The summed E-state index contributed by atoms with van der Waals surface area (Å²) >= 11 is 0. The molecule has 0 radical (unpaired) electrons. The molecule has 0 spiro atoms. The summed E-state index contributed by atoms with van der Waals surface area (Å²) in [6.07, 6.45) is 2.54. The van der Waals surface area contributed by atoms with Crippen molar-refractivity contribution in [1.82, 2.24) is 0 Å². The minimum absolute atomic E-state index is 0.165. The highest BCUT2D eigenvalue weighted by atomic mass is 16.5. The Morgan fingerprint density at radius 1 is 1.35 bits per heavy atom. The minimum Gasteiger partial charge on any atom is -0.492 e. The maximum absolute atomic E-state index is 6.03. The van der Waals surface area contributed by atoms with Gasteiger partial charge in [-0.25, -0.2) is 0 Å². The Kier molecular flexibility index (Phi) is 3.43. The second kappa shape index (κ2) is 4.69. The van der Waals surface area contributed by atoms with Gasteiger partial charge in [0, 0.05) is 6.04 Å². The summed E-state index contributed by atoms with van der Waals surface area (Å²) in [6.45, 7) is 7.27. The number of hydrogen-bond acceptors (Lipinski definition) is 2. The van der Waals surface area contributed by atoms with Gasteiger partial charge < -0.3 is 10.5 Å². The van der Waals surface area contributed by atoms with E-state index in [1.807, 2.05) is 6.07 Å². The Morgan fingerprint density at radius 2 is 2.06 bits per heavy atom. The van der Waals surface area contributed by atoms with Crippen LogP contribution in [0.2, 0.25) is 0 Å². The number of hydrogen-bond donors (Lipinski definition) is 1. The zero-order chi connectivity index (χ0) is 12.5. The molecule has 17 heavy (non-hydrogen) atoms. The monoisotopic (exact) mass is 233 g/mol. The van der Waals surface area contributed by atoms with Gasteiger partial charge in [-0.1, -0.05) is 32.9 Å². The van der Waals surface area contributed by atoms with Crippen LogP contribution in [0.1, 0.15) is 39.2 Å². The normalized spacial score (nSPS) is 17.9. The first-order valence-electron chi connectivity index (χ1n) is 6.46. The molecule has 2 rings (SSSR count). The molecule has 2 N–H and O–H groups in total. The SMILES string of the molecule is CC(C)(C)c1cccc(OCC(N)C2CC2)c1. The standard InChI is InChI=1S/C15H23NO/c1-15(2,3)12-5-4-6-13(9-12)17-10-14(16)11-7-8-11/h4-6,9,11,14H,7-8,10,16H2,1-3H3. The van der Waals surface area contributed by atoms with Gasteiger partial charge in [-0.3, -0.25) is 0 Å². The van der Waals surface area contributed by atoms with Crippen LogP contribution in [-0.4, -0.2) is 12.6 Å². The van der Waals surface area contributed by atoms with Crippen molar-refractivity contribution in [2.45, 2.75) is 45.1 Å². The summed E-state index contributed by atoms with van der Waals surface area (Å²) in [5.41, 5.74) is 7.49. The van der Waals surface area contributed by atoms with Gasteiger partial charge in [0.2, 0.25) is 0 Å². The lowest BCUT2D eigenvalue weighted by molar-refractivity contribution is 0.275. The molecule has 1 atom stereocenters. The Bertz CT molecular complexity index is 377. The molecular formula is C15H23NO. The smallest absolute Gasteiger partial charge is 0.119 e. The van der Waals surface area contributed by atoms with Crippen LogP contribution in [0.5, 0.6) is 5.75 Å². The Balaban J connectivity index is 1.96. The van der Waals surface area contributed by atoms with Crippen molar-refractivity contribution >= 4 is 0 Å². The van der Waals surface area contributed by atoms with Crippen LogP contribution in [0.3, 0.4) is 0 Å². The second-order valence-electron chi connectivity index (χ2n) is 6.09. The summed E-state index contributed by atoms with van der Waals surface area (Å²) in [4.78, 5) is 0. The topological polar surface area (TPSA) is 35.2 Å². The molecular weight excluding hydrogens is 210 g/mol. The van der Waals surface area contributed by atoms with Crippen molar-refractivity contribution in [3.8, 4) is 5.75 Å². The van der Waals surface area contributed by atoms with Crippen LogP contribution in [0.15, 0.2) is 24.3 Å². The van der Waals surface area contributed by atoms with E-state index < -0.39 is 0 Å². The quantitative estimate of drug-likeness (QED) is 0.867. The molecule has 1 aliphatic carbocycles. The van der Waals surface area contributed by atoms with E-state index in [4.69, 9.17) is 10.5 Å². The lowest BCUT2D eigenvalue weighted by Gasteiger charge is -2.20. The first kappa shape index (κ1) is 12.4. The van der Waals surface area contributed by atoms with E-state index >= 15 is 0 Å². The minimum atomic E-state index is 0.165. The first-order chi connectivity index (χ1) is 7.97. The van der Waals surface area contributed by atoms with E-state index in [0.29, 0.717) is 12.5 Å². The fraction of sp³-hybridized carbons (Fsp3) is 0.600. The third kappa shape index (κ3) is 3.47. The van der Waals surface area contributed by atoms with Crippen molar-refractivity contribution in [3.63, 3.8) is 0 Å². The molecule has 1 fully saturated rings. The molecule has 2 heteroatoms. The van der Waals surface area contributed by atoms with E-state index in [1.54, 1.807) is 0 Å². The summed E-state index contributed by atoms with van der Waals surface area (Å²) in [7, 11) is 0. The van der Waals surface area contributed by atoms with E-state index in [1.165, 1.54) is 18.4 Å². The molecule has 0 bridgehead atoms. The molecule has 0 amide bonds. The van der Waals surface area contributed by atoms with Gasteiger partial charge in [0.15, 0.2) is 0 Å². The highest BCUT2D eigenvalue weighted by Crippen LogP contribution is 2.32. The first-order valence-corrected chi connectivity index (χ1v) is 6.46. The average molecular weight is 233 g/mol. The summed E-state index contributed by atoms with van der Waals surface area (Å²) in [6, 6.07) is 8.54. The van der Waals surface area contributed by atoms with Crippen LogP contribution in [0, 0.1) is 5.92 Å². The molecule has 1 unspecified atom stereocenters. The van der Waals surface area contributed by atoms with E-state index in [0.717, 1.165) is 5.75 Å². The molecule has 1 aromatic rings. The fourth-order valence-corrected chi connectivity index (χ4v) is 1.91. The molecule has 2 nitrogen and oxygen atoms in total. The summed E-state index contributed by atoms with van der Waals surface area (Å²) < 4.78 is 5.78. The molecule has 1 aromatic carbocycles. The molecule has 1 aliphatic rings. The van der Waals surface area contributed by atoms with Crippen LogP contribution < -0.4 is 10.5 Å². The Labute approximate surface area is 104 Å². The average Bonchev–Trinajstić information content (AvgIpc) is 3.09. The largest absolute Gasteiger partial charge is 0.492 e. The highest BCUT2D eigenvalue weighted by molar-refractivity contribution is 5.32. The van der Waals surface area contributed by atoms with Gasteiger partial charge in [-0.2, -0.15) is 0 Å². The maximum atomic E-state index is 6.03. The van der Waals surface area contributed by atoms with Crippen molar-refractivity contribution in [3.05, 3.63) is 29.8 Å². The lowest BCUT2D eigenvalue weighted by Crippen LogP contribution is -2.29. The van der Waals surface area contributed by atoms with Crippen LogP contribution >= 0.6 is 0 Å². The van der Waals surface area contributed by atoms with Crippen molar-refractivity contribution in [2.24, 2.45) is 11.7 Å². The fourth-order valence-electron chi connectivity index (χ4n) is 1.91. The number of nitrogens with two attached hydrogens (primary N) is 1. The molecule has 0 aromatic heterocycles. The predicted octanol–water partition coefficient (Wildman–Crippen LogP) is 3.10. The second-order valence-corrected chi connectivity index (χ2v) is 6.09. The van der Waals surface area contributed by atoms with Crippen LogP contribution in [0.4, 0.5) is 0 Å². The van der Waals surface area contributed by atoms with Gasteiger partial charge in [0.05, 0.1) is 0 Å². The zero-order valence-corrected chi connectivity index (χ0v) is 11.1. The third-order valence-corrected chi connectivity index (χ3v) is 3.37. The van der Waals surface area contributed by atoms with E-state index in [9.17, 15) is 0 Å². The van der Waals surface area contributed by atoms with Gasteiger partial charge in [0.25, 0.3) is 0 Å². The zero-order valence-electron chi connectivity index (χ0n) is 11.1. The lowest BCUT2D eigenvalue weighted by atomic mass is 9.87. The number of ether oxygens (including phenoxy) is 1. The van der Waals surface area contributed by atoms with Crippen molar-refractivity contribution < 1.29 is 4.74 Å². The Morgan fingerprint density at radius 3 is 2.65 bits per heavy atom. The van der Waals surface area contributed by atoms with Gasteiger partial charge in [-0.15, -0.1) is 0 Å². The molecule has 1 saturated carbocycles. The molecule has 0 aliphatic heterocycles. The van der Waals surface area contributed by atoms with Gasteiger partial charge >= 0.3 is 0 Å². The molecule has 0 saturated heterocycles. The summed E-state index contributed by atoms with van der Waals surface area (Å²) in [5, 5.41) is 0. The number of rotatable bonds is 4. The van der Waals surface area contributed by atoms with Crippen molar-refractivity contribution in [2.75, 3.05) is 6.61 Å². The molecule has 94 valence electrons. The van der Waals surface area contributed by atoms with E-state index in [-0.39, 0.29) is 11.5 Å². The van der Waals surface area contributed by atoms with E-state index in [2.05, 4.69) is 39.0 Å². The molecule has 0 heterocycles. The maximum Gasteiger partial charge on any atom is 0.119 e. The number of benzene rings is 1. The highest BCUT2D eigenvalue weighted by Gasteiger charge is 2.28. The third-order valence-electron chi connectivity index (χ3n) is 3.37.